The number of hydrogen-bond donors (Lipinski definition) is 2. The third kappa shape index (κ3) is 2.37. The van der Waals surface area contributed by atoms with E-state index in [0.717, 1.165) is 27.9 Å². The largest absolute Gasteiger partial charge is 0.481 e. The second-order valence-electron chi connectivity index (χ2n) is 6.96. The van der Waals surface area contributed by atoms with Crippen LogP contribution in [0.5, 0.6) is 0 Å². The highest BCUT2D eigenvalue weighted by Crippen LogP contribution is 2.54. The molecule has 3 N–H and O–H groups in total. The minimum absolute atomic E-state index is 0.178. The van der Waals surface area contributed by atoms with E-state index in [-0.39, 0.29) is 5.92 Å². The lowest BCUT2D eigenvalue weighted by atomic mass is 9.92. The zero-order chi connectivity index (χ0) is 18.5. The number of rotatable bonds is 4. The van der Waals surface area contributed by atoms with E-state index < -0.39 is 11.4 Å². The number of carbonyl (C=O) groups is 1. The number of benzene rings is 1. The number of carboxylic acid groups (broad SMARTS) is 1. The van der Waals surface area contributed by atoms with Gasteiger partial charge in [0.2, 0.25) is 0 Å². The van der Waals surface area contributed by atoms with Crippen LogP contribution in [0.2, 0.25) is 0 Å². The van der Waals surface area contributed by atoms with E-state index in [2.05, 4.69) is 10.1 Å². The summed E-state index contributed by atoms with van der Waals surface area (Å²) in [5, 5.41) is 13.7. The van der Waals surface area contributed by atoms with Crippen molar-refractivity contribution in [3.05, 3.63) is 54.4 Å². The number of aliphatic carboxylic acids is 1. The number of anilines is 1. The molecule has 0 bridgehead atoms. The van der Waals surface area contributed by atoms with Crippen LogP contribution in [0, 0.1) is 5.92 Å². The van der Waals surface area contributed by atoms with Crippen molar-refractivity contribution in [1.29, 1.82) is 0 Å². The molecule has 6 heteroatoms. The van der Waals surface area contributed by atoms with Gasteiger partial charge >= 0.3 is 5.97 Å². The molecule has 1 fully saturated rings. The van der Waals surface area contributed by atoms with Gasteiger partial charge in [0.1, 0.15) is 5.82 Å². The number of hydrogen-bond acceptors (Lipinski definition) is 4. The monoisotopic (exact) mass is 348 g/mol. The van der Waals surface area contributed by atoms with E-state index in [1.165, 1.54) is 0 Å². The third-order valence-corrected chi connectivity index (χ3v) is 5.45. The first-order valence-corrected chi connectivity index (χ1v) is 8.51. The topological polar surface area (TPSA) is 94.0 Å². The molecule has 2 aromatic heterocycles. The maximum absolute atomic E-state index is 11.6. The predicted molar refractivity (Wildman–Crippen MR) is 99.4 cm³/mol. The van der Waals surface area contributed by atoms with E-state index in [9.17, 15) is 9.90 Å². The second kappa shape index (κ2) is 5.69. The Morgan fingerprint density at radius 2 is 1.85 bits per heavy atom. The van der Waals surface area contributed by atoms with Gasteiger partial charge in [-0.25, -0.2) is 0 Å². The molecule has 0 aliphatic heterocycles. The number of nitrogen functional groups attached to an aromatic ring is 1. The number of pyridine rings is 1. The van der Waals surface area contributed by atoms with Crippen molar-refractivity contribution in [3.8, 4) is 22.4 Å². The summed E-state index contributed by atoms with van der Waals surface area (Å²) in [6.45, 7) is 1.98. The van der Waals surface area contributed by atoms with Crippen molar-refractivity contribution in [2.75, 3.05) is 5.73 Å². The van der Waals surface area contributed by atoms with Crippen LogP contribution in [0.1, 0.15) is 18.9 Å². The van der Waals surface area contributed by atoms with Gasteiger partial charge in [0, 0.05) is 18.8 Å². The number of nitrogens with two attached hydrogens (primary N) is 1. The molecule has 2 heterocycles. The predicted octanol–water partition coefficient (Wildman–Crippen LogP) is 3.09. The lowest BCUT2D eigenvalue weighted by molar-refractivity contribution is -0.140. The summed E-state index contributed by atoms with van der Waals surface area (Å²) in [6.07, 6.45) is 4.20. The van der Waals surface area contributed by atoms with Crippen LogP contribution in [0.15, 0.2) is 48.8 Å². The van der Waals surface area contributed by atoms with Crippen molar-refractivity contribution in [3.63, 3.8) is 0 Å². The van der Waals surface area contributed by atoms with Crippen LogP contribution in [-0.4, -0.2) is 25.8 Å². The normalized spacial score (nSPS) is 21.5. The molecule has 3 aromatic rings. The van der Waals surface area contributed by atoms with Crippen molar-refractivity contribution in [1.82, 2.24) is 14.8 Å². The molecular weight excluding hydrogens is 328 g/mol. The van der Waals surface area contributed by atoms with E-state index in [1.807, 2.05) is 43.3 Å². The van der Waals surface area contributed by atoms with Gasteiger partial charge in [-0.1, -0.05) is 37.3 Å². The molecule has 1 aromatic carbocycles. The average Bonchev–Trinajstić information content (AvgIpc) is 3.24. The smallest absolute Gasteiger partial charge is 0.314 e. The first-order chi connectivity index (χ1) is 12.4. The van der Waals surface area contributed by atoms with E-state index in [1.54, 1.807) is 24.1 Å². The fourth-order valence-electron chi connectivity index (χ4n) is 3.58. The number of aryl methyl sites for hydroxylation is 1. The molecule has 4 rings (SSSR count). The highest BCUT2D eigenvalue weighted by Gasteiger charge is 2.58. The molecular formula is C20H20N4O2. The van der Waals surface area contributed by atoms with Gasteiger partial charge in [-0.15, -0.1) is 0 Å². The molecule has 0 radical (unpaired) electrons. The average molecular weight is 348 g/mol. The van der Waals surface area contributed by atoms with Gasteiger partial charge in [-0.2, -0.15) is 5.10 Å². The molecule has 1 saturated carbocycles. The molecule has 132 valence electrons. The number of nitrogens with zero attached hydrogens (tertiary/aromatic N) is 3. The standard InChI is InChI=1S/C20H20N4O2/c1-12-9-20(12,19(25)26)15-6-3-13(4-7-15)14-5-8-17(22-10-14)16-11-23-24(2)18(16)21/h3-8,10-12H,9,21H2,1-2H3,(H,25,26). The molecule has 2 unspecified atom stereocenters. The maximum atomic E-state index is 11.6. The summed E-state index contributed by atoms with van der Waals surface area (Å²) in [7, 11) is 1.79. The molecule has 0 amide bonds. The summed E-state index contributed by atoms with van der Waals surface area (Å²) in [4.78, 5) is 16.1. The third-order valence-electron chi connectivity index (χ3n) is 5.45. The Kier molecular flexibility index (Phi) is 3.57. The van der Waals surface area contributed by atoms with Gasteiger partial charge in [0.25, 0.3) is 0 Å². The quantitative estimate of drug-likeness (QED) is 0.755. The van der Waals surface area contributed by atoms with Crippen molar-refractivity contribution in [2.24, 2.45) is 13.0 Å². The van der Waals surface area contributed by atoms with Crippen LogP contribution in [0.3, 0.4) is 0 Å². The zero-order valence-corrected chi connectivity index (χ0v) is 14.7. The SMILES string of the molecule is CC1CC1(C(=O)O)c1ccc(-c2ccc(-c3cnn(C)c3N)nc2)cc1. The van der Waals surface area contributed by atoms with Gasteiger partial charge < -0.3 is 10.8 Å². The number of aromatic nitrogens is 3. The summed E-state index contributed by atoms with van der Waals surface area (Å²) in [5.74, 6) is 0.0155. The van der Waals surface area contributed by atoms with Crippen LogP contribution in [-0.2, 0) is 17.3 Å². The maximum Gasteiger partial charge on any atom is 0.314 e. The zero-order valence-electron chi connectivity index (χ0n) is 14.7. The van der Waals surface area contributed by atoms with Gasteiger partial charge in [0.15, 0.2) is 0 Å². The molecule has 2 atom stereocenters. The Morgan fingerprint density at radius 3 is 2.31 bits per heavy atom. The molecule has 1 aliphatic rings. The lowest BCUT2D eigenvalue weighted by Crippen LogP contribution is -2.21. The highest BCUT2D eigenvalue weighted by atomic mass is 16.4. The van der Waals surface area contributed by atoms with Crippen molar-refractivity contribution < 1.29 is 9.90 Å². The molecule has 6 nitrogen and oxygen atoms in total. The van der Waals surface area contributed by atoms with Crippen molar-refractivity contribution >= 4 is 11.8 Å². The van der Waals surface area contributed by atoms with E-state index in [4.69, 9.17) is 5.73 Å². The molecule has 1 aliphatic carbocycles. The Hall–Kier alpha value is -3.15. The van der Waals surface area contributed by atoms with Gasteiger partial charge in [-0.3, -0.25) is 14.5 Å². The van der Waals surface area contributed by atoms with Crippen LogP contribution in [0.25, 0.3) is 22.4 Å². The minimum atomic E-state index is -0.738. The molecule has 0 spiro atoms. The Morgan fingerprint density at radius 1 is 1.19 bits per heavy atom. The second-order valence-corrected chi connectivity index (χ2v) is 6.96. The molecule has 0 saturated heterocycles. The highest BCUT2D eigenvalue weighted by molar-refractivity contribution is 5.86. The van der Waals surface area contributed by atoms with Gasteiger partial charge in [-0.05, 0) is 29.5 Å². The van der Waals surface area contributed by atoms with E-state index in [0.29, 0.717) is 12.2 Å². The summed E-state index contributed by atoms with van der Waals surface area (Å²) in [5.41, 5.74) is 9.70. The first kappa shape index (κ1) is 16.3. The summed E-state index contributed by atoms with van der Waals surface area (Å²) < 4.78 is 1.61. The Bertz CT molecular complexity index is 976. The molecule has 26 heavy (non-hydrogen) atoms. The number of carboxylic acids is 1. The van der Waals surface area contributed by atoms with Crippen molar-refractivity contribution in [2.45, 2.75) is 18.8 Å². The van der Waals surface area contributed by atoms with Gasteiger partial charge in [0.05, 0.1) is 22.9 Å². The Balaban J connectivity index is 1.61. The van der Waals surface area contributed by atoms with Crippen LogP contribution < -0.4 is 5.73 Å². The van der Waals surface area contributed by atoms with Crippen LogP contribution >= 0.6 is 0 Å². The summed E-state index contributed by atoms with van der Waals surface area (Å²) >= 11 is 0. The lowest BCUT2D eigenvalue weighted by Gasteiger charge is -2.12. The minimum Gasteiger partial charge on any atom is -0.481 e. The fraction of sp³-hybridized carbons (Fsp3) is 0.250. The Labute approximate surface area is 151 Å². The van der Waals surface area contributed by atoms with E-state index >= 15 is 0 Å². The van der Waals surface area contributed by atoms with Crippen LogP contribution in [0.4, 0.5) is 5.82 Å². The fourth-order valence-corrected chi connectivity index (χ4v) is 3.58. The summed E-state index contributed by atoms with van der Waals surface area (Å²) in [6, 6.07) is 11.6. The first-order valence-electron chi connectivity index (χ1n) is 8.51.